The Morgan fingerprint density at radius 2 is 2.24 bits per heavy atom. The van der Waals surface area contributed by atoms with Crippen molar-refractivity contribution in [1.29, 1.82) is 0 Å². The molecule has 0 radical (unpaired) electrons. The van der Waals surface area contributed by atoms with Crippen LogP contribution in [0.4, 0.5) is 0 Å². The highest BCUT2D eigenvalue weighted by molar-refractivity contribution is 7.87. The maximum Gasteiger partial charge on any atom is 0.279 e. The Labute approximate surface area is 102 Å². The van der Waals surface area contributed by atoms with E-state index in [-0.39, 0.29) is 24.9 Å². The van der Waals surface area contributed by atoms with Crippen LogP contribution in [0.1, 0.15) is 25.7 Å². The van der Waals surface area contributed by atoms with E-state index in [1.807, 2.05) is 0 Å². The number of nitrogens with one attached hydrogen (secondary N) is 1. The van der Waals surface area contributed by atoms with Crippen molar-refractivity contribution in [2.75, 3.05) is 20.2 Å². The summed E-state index contributed by atoms with van der Waals surface area (Å²) < 4.78 is 33.4. The molecule has 0 aromatic rings. The highest BCUT2D eigenvalue weighted by atomic mass is 32.2. The molecule has 3 unspecified atom stereocenters. The first kappa shape index (κ1) is 13.2. The summed E-state index contributed by atoms with van der Waals surface area (Å²) in [6.07, 6.45) is 3.49. The SMILES string of the molecule is CN(CCCO)S(=O)(=O)NC1CC2CCC1O2. The minimum Gasteiger partial charge on any atom is -0.396 e. The minimum absolute atomic E-state index is 0.00288. The van der Waals surface area contributed by atoms with Crippen molar-refractivity contribution >= 4 is 10.2 Å². The Balaban J connectivity index is 1.88. The van der Waals surface area contributed by atoms with E-state index < -0.39 is 10.2 Å². The molecule has 2 rings (SSSR count). The third-order valence-corrected chi connectivity index (χ3v) is 5.05. The predicted molar refractivity (Wildman–Crippen MR) is 62.7 cm³/mol. The van der Waals surface area contributed by atoms with E-state index >= 15 is 0 Å². The zero-order valence-electron chi connectivity index (χ0n) is 10.0. The van der Waals surface area contributed by atoms with E-state index in [1.54, 1.807) is 0 Å². The molecule has 0 aromatic heterocycles. The molecule has 0 aromatic carbocycles. The zero-order valence-corrected chi connectivity index (χ0v) is 10.8. The lowest BCUT2D eigenvalue weighted by atomic mass is 9.96. The van der Waals surface area contributed by atoms with E-state index in [0.717, 1.165) is 19.3 Å². The maximum atomic E-state index is 11.9. The van der Waals surface area contributed by atoms with Crippen LogP contribution in [0.3, 0.4) is 0 Å². The molecule has 0 spiro atoms. The quantitative estimate of drug-likeness (QED) is 0.675. The van der Waals surface area contributed by atoms with E-state index in [2.05, 4.69) is 4.72 Å². The second kappa shape index (κ2) is 5.19. The van der Waals surface area contributed by atoms with Gasteiger partial charge in [-0.3, -0.25) is 0 Å². The first-order valence-electron chi connectivity index (χ1n) is 6.03. The van der Waals surface area contributed by atoms with Gasteiger partial charge in [0, 0.05) is 20.2 Å². The fourth-order valence-corrected chi connectivity index (χ4v) is 3.64. The summed E-state index contributed by atoms with van der Waals surface area (Å²) in [5.74, 6) is 0. The lowest BCUT2D eigenvalue weighted by Gasteiger charge is -2.24. The first-order valence-corrected chi connectivity index (χ1v) is 7.47. The fourth-order valence-electron chi connectivity index (χ4n) is 2.46. The Morgan fingerprint density at radius 3 is 2.76 bits per heavy atom. The third-order valence-electron chi connectivity index (χ3n) is 3.45. The van der Waals surface area contributed by atoms with Crippen LogP contribution < -0.4 is 4.72 Å². The number of aliphatic hydroxyl groups is 1. The molecule has 3 atom stereocenters. The molecule has 2 N–H and O–H groups in total. The maximum absolute atomic E-state index is 11.9. The molecule has 2 bridgehead atoms. The van der Waals surface area contributed by atoms with Crippen LogP contribution in [-0.4, -0.2) is 56.3 Å². The van der Waals surface area contributed by atoms with Crippen LogP contribution in [0, 0.1) is 0 Å². The molecular weight excluding hydrogens is 244 g/mol. The van der Waals surface area contributed by atoms with Crippen LogP contribution >= 0.6 is 0 Å². The van der Waals surface area contributed by atoms with Crippen molar-refractivity contribution in [3.05, 3.63) is 0 Å². The molecule has 2 fully saturated rings. The molecule has 100 valence electrons. The highest BCUT2D eigenvalue weighted by Gasteiger charge is 2.42. The van der Waals surface area contributed by atoms with Gasteiger partial charge in [-0.1, -0.05) is 0 Å². The van der Waals surface area contributed by atoms with Gasteiger partial charge in [0.25, 0.3) is 10.2 Å². The fraction of sp³-hybridized carbons (Fsp3) is 1.00. The van der Waals surface area contributed by atoms with Gasteiger partial charge in [0.05, 0.1) is 18.2 Å². The highest BCUT2D eigenvalue weighted by Crippen LogP contribution is 2.34. The van der Waals surface area contributed by atoms with E-state index in [1.165, 1.54) is 11.4 Å². The normalized spacial score (nSPS) is 32.5. The second-order valence-corrected chi connectivity index (χ2v) is 6.55. The van der Waals surface area contributed by atoms with Crippen molar-refractivity contribution in [2.24, 2.45) is 0 Å². The van der Waals surface area contributed by atoms with Crippen molar-refractivity contribution < 1.29 is 18.3 Å². The Kier molecular flexibility index (Phi) is 4.04. The van der Waals surface area contributed by atoms with Crippen LogP contribution in [0.15, 0.2) is 0 Å². The van der Waals surface area contributed by atoms with Crippen molar-refractivity contribution in [3.63, 3.8) is 0 Å². The molecule has 0 amide bonds. The molecule has 0 aliphatic carbocycles. The molecule has 2 saturated heterocycles. The molecule has 7 heteroatoms. The largest absolute Gasteiger partial charge is 0.396 e. The number of rotatable bonds is 6. The average molecular weight is 264 g/mol. The number of fused-ring (bicyclic) bond motifs is 2. The lowest BCUT2D eigenvalue weighted by molar-refractivity contribution is 0.0994. The molecule has 0 saturated carbocycles. The van der Waals surface area contributed by atoms with Gasteiger partial charge in [0.2, 0.25) is 0 Å². The van der Waals surface area contributed by atoms with E-state index in [4.69, 9.17) is 9.84 Å². The van der Waals surface area contributed by atoms with Crippen LogP contribution in [0.5, 0.6) is 0 Å². The number of aliphatic hydroxyl groups excluding tert-OH is 1. The van der Waals surface area contributed by atoms with Crippen molar-refractivity contribution in [3.8, 4) is 0 Å². The first-order chi connectivity index (χ1) is 8.03. The van der Waals surface area contributed by atoms with Gasteiger partial charge in [-0.15, -0.1) is 0 Å². The Bertz CT molecular complexity index is 359. The summed E-state index contributed by atoms with van der Waals surface area (Å²) in [6, 6.07) is -0.0877. The molecule has 2 aliphatic rings. The van der Waals surface area contributed by atoms with Crippen LogP contribution in [-0.2, 0) is 14.9 Å². The van der Waals surface area contributed by atoms with Gasteiger partial charge in [-0.25, -0.2) is 0 Å². The number of ether oxygens (including phenoxy) is 1. The number of hydrogen-bond donors (Lipinski definition) is 2. The molecule has 6 nitrogen and oxygen atoms in total. The average Bonchev–Trinajstić information content (AvgIpc) is 2.86. The van der Waals surface area contributed by atoms with Gasteiger partial charge in [-0.05, 0) is 25.7 Å². The summed E-state index contributed by atoms with van der Waals surface area (Å²) in [7, 11) is -1.93. The van der Waals surface area contributed by atoms with Crippen molar-refractivity contribution in [2.45, 2.75) is 43.9 Å². The lowest BCUT2D eigenvalue weighted by Crippen LogP contribution is -2.47. The Morgan fingerprint density at radius 1 is 1.47 bits per heavy atom. The topological polar surface area (TPSA) is 78.9 Å². The summed E-state index contributed by atoms with van der Waals surface area (Å²) in [5, 5.41) is 8.69. The summed E-state index contributed by atoms with van der Waals surface area (Å²) in [4.78, 5) is 0. The number of nitrogens with zero attached hydrogens (tertiary/aromatic N) is 1. The minimum atomic E-state index is -3.45. The molecule has 17 heavy (non-hydrogen) atoms. The molecule has 2 aliphatic heterocycles. The van der Waals surface area contributed by atoms with Gasteiger partial charge in [-0.2, -0.15) is 17.4 Å². The standard InChI is InChI=1S/C10H20N2O4S/c1-12(5-2-6-13)17(14,15)11-9-7-8-3-4-10(9)16-8/h8-11,13H,2-7H2,1H3. The third kappa shape index (κ3) is 2.97. The second-order valence-electron chi connectivity index (χ2n) is 4.74. The van der Waals surface area contributed by atoms with Gasteiger partial charge in [0.15, 0.2) is 0 Å². The van der Waals surface area contributed by atoms with Crippen molar-refractivity contribution in [1.82, 2.24) is 9.03 Å². The molecule has 2 heterocycles. The van der Waals surface area contributed by atoms with Gasteiger partial charge < -0.3 is 9.84 Å². The summed E-state index contributed by atoms with van der Waals surface area (Å²) >= 11 is 0. The van der Waals surface area contributed by atoms with Crippen LogP contribution in [0.25, 0.3) is 0 Å². The van der Waals surface area contributed by atoms with E-state index in [9.17, 15) is 8.42 Å². The zero-order chi connectivity index (χ0) is 12.5. The smallest absolute Gasteiger partial charge is 0.279 e. The summed E-state index contributed by atoms with van der Waals surface area (Å²) in [5.41, 5.74) is 0. The number of hydrogen-bond acceptors (Lipinski definition) is 4. The monoisotopic (exact) mass is 264 g/mol. The van der Waals surface area contributed by atoms with Crippen LogP contribution in [0.2, 0.25) is 0 Å². The summed E-state index contributed by atoms with van der Waals surface area (Å²) in [6.45, 7) is 0.324. The molecular formula is C10H20N2O4S. The van der Waals surface area contributed by atoms with Gasteiger partial charge >= 0.3 is 0 Å². The van der Waals surface area contributed by atoms with E-state index in [0.29, 0.717) is 13.0 Å². The Hall–Kier alpha value is -0.210. The van der Waals surface area contributed by atoms with Gasteiger partial charge in [0.1, 0.15) is 0 Å². The predicted octanol–water partition coefficient (Wildman–Crippen LogP) is -0.545.